The summed E-state index contributed by atoms with van der Waals surface area (Å²) in [6.45, 7) is 5.10. The molecular weight excluding hydrogens is 268 g/mol. The van der Waals surface area contributed by atoms with E-state index in [9.17, 15) is 9.59 Å². The predicted molar refractivity (Wildman–Crippen MR) is 67.8 cm³/mol. The molecule has 0 saturated heterocycles. The Hall–Kier alpha value is -2.22. The molecule has 7 nitrogen and oxygen atoms in total. The molecule has 100 valence electrons. The number of hydrogen-bond donors (Lipinski definition) is 2. The molecule has 0 fully saturated rings. The molecule has 8 heteroatoms. The van der Waals surface area contributed by atoms with E-state index in [4.69, 9.17) is 4.42 Å². The van der Waals surface area contributed by atoms with Gasteiger partial charge in [0.15, 0.2) is 0 Å². The normalized spacial score (nSPS) is 10.3. The average molecular weight is 280 g/mol. The number of rotatable bonds is 2. The van der Waals surface area contributed by atoms with Gasteiger partial charge in [-0.3, -0.25) is 20.4 Å². The van der Waals surface area contributed by atoms with Crippen molar-refractivity contribution in [2.24, 2.45) is 0 Å². The summed E-state index contributed by atoms with van der Waals surface area (Å²) < 4.78 is 8.89. The minimum Gasteiger partial charge on any atom is -0.466 e. The summed E-state index contributed by atoms with van der Waals surface area (Å²) in [5, 5.41) is 3.72. The van der Waals surface area contributed by atoms with Crippen LogP contribution in [0, 0.1) is 20.8 Å². The summed E-state index contributed by atoms with van der Waals surface area (Å²) in [6.07, 6.45) is 0. The fourth-order valence-electron chi connectivity index (χ4n) is 1.53. The summed E-state index contributed by atoms with van der Waals surface area (Å²) >= 11 is 0.969. The number of amides is 2. The average Bonchev–Trinajstić information content (AvgIpc) is 2.91. The largest absolute Gasteiger partial charge is 0.466 e. The number of hydrazine groups is 1. The lowest BCUT2D eigenvalue weighted by atomic mass is 10.2. The smallest absolute Gasteiger partial charge is 0.283 e. The molecule has 0 radical (unpaired) electrons. The Labute approximate surface area is 113 Å². The predicted octanol–water partition coefficient (Wildman–Crippen LogP) is 1.13. The molecule has 0 aliphatic heterocycles. The van der Waals surface area contributed by atoms with Crippen molar-refractivity contribution in [3.63, 3.8) is 0 Å². The molecule has 0 bridgehead atoms. The first-order valence-corrected chi connectivity index (χ1v) is 6.23. The molecule has 2 heterocycles. The molecule has 0 aliphatic rings. The van der Waals surface area contributed by atoms with Crippen LogP contribution in [0.3, 0.4) is 0 Å². The van der Waals surface area contributed by atoms with Gasteiger partial charge < -0.3 is 4.42 Å². The molecule has 2 rings (SSSR count). The number of hydrogen-bond acceptors (Lipinski definition) is 6. The molecule has 0 atom stereocenters. The van der Waals surface area contributed by atoms with Crippen molar-refractivity contribution < 1.29 is 14.0 Å². The Balaban J connectivity index is 2.00. The van der Waals surface area contributed by atoms with E-state index in [2.05, 4.69) is 20.4 Å². The van der Waals surface area contributed by atoms with Crippen LogP contribution < -0.4 is 10.9 Å². The third-order valence-electron chi connectivity index (χ3n) is 2.43. The Morgan fingerprint density at radius 2 is 1.89 bits per heavy atom. The van der Waals surface area contributed by atoms with Crippen LogP contribution in [0.25, 0.3) is 0 Å². The zero-order valence-electron chi connectivity index (χ0n) is 10.6. The first-order chi connectivity index (χ1) is 8.99. The number of nitrogens with zero attached hydrogens (tertiary/aromatic N) is 2. The standard InChI is InChI=1S/C11H12N4O3S/c1-5-4-8(7(3)18-5)10(16)13-14-11(17)9-6(2)12-15-19-9/h4H,1-3H3,(H,13,16)(H,14,17). The van der Waals surface area contributed by atoms with Gasteiger partial charge in [0.05, 0.1) is 11.3 Å². The maximum absolute atomic E-state index is 11.8. The second-order valence-corrected chi connectivity index (χ2v) is 4.68. The molecule has 0 aliphatic carbocycles. The second kappa shape index (κ2) is 5.19. The highest BCUT2D eigenvalue weighted by Gasteiger charge is 2.16. The summed E-state index contributed by atoms with van der Waals surface area (Å²) in [7, 11) is 0. The SMILES string of the molecule is Cc1cc(C(=O)NNC(=O)c2snnc2C)c(C)o1. The number of carbonyl (C=O) groups is 2. The van der Waals surface area contributed by atoms with Crippen LogP contribution in [-0.4, -0.2) is 21.4 Å². The Bertz CT molecular complexity index is 632. The summed E-state index contributed by atoms with van der Waals surface area (Å²) in [5.74, 6) is 0.257. The van der Waals surface area contributed by atoms with E-state index in [1.807, 2.05) is 0 Å². The highest BCUT2D eigenvalue weighted by molar-refractivity contribution is 7.07. The van der Waals surface area contributed by atoms with Crippen LogP contribution in [-0.2, 0) is 0 Å². The third-order valence-corrected chi connectivity index (χ3v) is 3.26. The van der Waals surface area contributed by atoms with Gasteiger partial charge in [0.1, 0.15) is 16.4 Å². The molecule has 0 aromatic carbocycles. The molecule has 0 saturated carbocycles. The van der Waals surface area contributed by atoms with Crippen LogP contribution in [0.1, 0.15) is 37.2 Å². The molecule has 0 spiro atoms. The Morgan fingerprint density at radius 3 is 2.42 bits per heavy atom. The van der Waals surface area contributed by atoms with Crippen molar-refractivity contribution in [1.82, 2.24) is 20.4 Å². The maximum atomic E-state index is 11.8. The lowest BCUT2D eigenvalue weighted by Gasteiger charge is -2.05. The summed E-state index contributed by atoms with van der Waals surface area (Å²) in [4.78, 5) is 23.9. The first kappa shape index (κ1) is 13.2. The summed E-state index contributed by atoms with van der Waals surface area (Å²) in [6, 6.07) is 1.61. The zero-order valence-corrected chi connectivity index (χ0v) is 11.4. The number of carbonyl (C=O) groups excluding carboxylic acids is 2. The molecule has 0 unspecified atom stereocenters. The van der Waals surface area contributed by atoms with Crippen molar-refractivity contribution >= 4 is 23.3 Å². The van der Waals surface area contributed by atoms with E-state index < -0.39 is 11.8 Å². The van der Waals surface area contributed by atoms with Crippen molar-refractivity contribution in [3.8, 4) is 0 Å². The lowest BCUT2D eigenvalue weighted by molar-refractivity contribution is 0.0847. The van der Waals surface area contributed by atoms with E-state index in [1.165, 1.54) is 0 Å². The van der Waals surface area contributed by atoms with E-state index in [0.717, 1.165) is 11.5 Å². The fraction of sp³-hybridized carbons (Fsp3) is 0.273. The highest BCUT2D eigenvalue weighted by atomic mass is 32.1. The van der Waals surface area contributed by atoms with Crippen LogP contribution in [0.15, 0.2) is 10.5 Å². The zero-order chi connectivity index (χ0) is 14.0. The topological polar surface area (TPSA) is 97.1 Å². The maximum Gasteiger partial charge on any atom is 0.283 e. The van der Waals surface area contributed by atoms with Crippen molar-refractivity contribution in [2.75, 3.05) is 0 Å². The van der Waals surface area contributed by atoms with Crippen molar-refractivity contribution in [2.45, 2.75) is 20.8 Å². The molecular formula is C11H12N4O3S. The van der Waals surface area contributed by atoms with E-state index in [0.29, 0.717) is 27.7 Å². The van der Waals surface area contributed by atoms with Gasteiger partial charge in [0.2, 0.25) is 0 Å². The molecule has 2 aromatic rings. The first-order valence-electron chi connectivity index (χ1n) is 5.45. The van der Waals surface area contributed by atoms with Crippen molar-refractivity contribution in [3.05, 3.63) is 33.7 Å². The van der Waals surface area contributed by atoms with Gasteiger partial charge >= 0.3 is 0 Å². The van der Waals surface area contributed by atoms with E-state index >= 15 is 0 Å². The summed E-state index contributed by atoms with van der Waals surface area (Å²) in [5.41, 5.74) is 5.54. The molecule has 2 amide bonds. The second-order valence-electron chi connectivity index (χ2n) is 3.92. The van der Waals surface area contributed by atoms with Gasteiger partial charge in [-0.25, -0.2) is 0 Å². The number of aromatic nitrogens is 2. The van der Waals surface area contributed by atoms with Gasteiger partial charge in [0, 0.05) is 0 Å². The third kappa shape index (κ3) is 2.79. The van der Waals surface area contributed by atoms with Crippen molar-refractivity contribution in [1.29, 1.82) is 0 Å². The molecule has 2 N–H and O–H groups in total. The van der Waals surface area contributed by atoms with E-state index in [1.54, 1.807) is 26.8 Å². The van der Waals surface area contributed by atoms with Gasteiger partial charge in [-0.1, -0.05) is 4.49 Å². The van der Waals surface area contributed by atoms with Gasteiger partial charge in [-0.05, 0) is 38.4 Å². The number of aryl methyl sites for hydroxylation is 3. The fourth-order valence-corrected chi connectivity index (χ4v) is 2.09. The minimum atomic E-state index is -0.446. The van der Waals surface area contributed by atoms with Gasteiger partial charge in [-0.15, -0.1) is 5.10 Å². The number of nitrogens with one attached hydrogen (secondary N) is 2. The van der Waals surface area contributed by atoms with Crippen LogP contribution >= 0.6 is 11.5 Å². The van der Waals surface area contributed by atoms with Crippen LogP contribution in [0.4, 0.5) is 0 Å². The van der Waals surface area contributed by atoms with E-state index in [-0.39, 0.29) is 0 Å². The quantitative estimate of drug-likeness (QED) is 0.804. The monoisotopic (exact) mass is 280 g/mol. The molecule has 19 heavy (non-hydrogen) atoms. The molecule has 2 aromatic heterocycles. The van der Waals surface area contributed by atoms with Crippen LogP contribution in [0.5, 0.6) is 0 Å². The van der Waals surface area contributed by atoms with Crippen LogP contribution in [0.2, 0.25) is 0 Å². The lowest BCUT2D eigenvalue weighted by Crippen LogP contribution is -2.41. The Morgan fingerprint density at radius 1 is 1.21 bits per heavy atom. The van der Waals surface area contributed by atoms with Gasteiger partial charge in [0.25, 0.3) is 11.8 Å². The minimum absolute atomic E-state index is 0.361. The van der Waals surface area contributed by atoms with Gasteiger partial charge in [-0.2, -0.15) is 0 Å². The highest BCUT2D eigenvalue weighted by Crippen LogP contribution is 2.13. The number of furan rings is 1. The Kier molecular flexibility index (Phi) is 3.61.